The van der Waals surface area contributed by atoms with Crippen LogP contribution in [0.25, 0.3) is 0 Å². The van der Waals surface area contributed by atoms with Crippen LogP contribution in [-0.2, 0) is 16.0 Å². The molecule has 124 valence electrons. The van der Waals surface area contributed by atoms with Crippen molar-refractivity contribution in [3.8, 4) is 0 Å². The molecule has 0 radical (unpaired) electrons. The van der Waals surface area contributed by atoms with Crippen LogP contribution in [0.5, 0.6) is 0 Å². The van der Waals surface area contributed by atoms with Gasteiger partial charge in [0.05, 0.1) is 12.8 Å². The number of aryl methyl sites for hydroxylation is 1. The van der Waals surface area contributed by atoms with E-state index in [4.69, 9.17) is 0 Å². The highest BCUT2D eigenvalue weighted by Gasteiger charge is 2.06. The van der Waals surface area contributed by atoms with E-state index in [0.717, 1.165) is 16.8 Å². The predicted molar refractivity (Wildman–Crippen MR) is 95.8 cm³/mol. The van der Waals surface area contributed by atoms with Crippen LogP contribution >= 0.6 is 0 Å². The highest BCUT2D eigenvalue weighted by atomic mass is 16.2. The minimum Gasteiger partial charge on any atom is -0.326 e. The van der Waals surface area contributed by atoms with E-state index in [0.29, 0.717) is 5.71 Å². The van der Waals surface area contributed by atoms with Crippen molar-refractivity contribution in [3.05, 3.63) is 65.7 Å². The summed E-state index contributed by atoms with van der Waals surface area (Å²) < 4.78 is 0. The van der Waals surface area contributed by atoms with E-state index < -0.39 is 0 Å². The van der Waals surface area contributed by atoms with E-state index in [-0.39, 0.29) is 24.7 Å². The molecular weight excluding hydrogens is 302 g/mol. The van der Waals surface area contributed by atoms with E-state index in [1.54, 1.807) is 6.92 Å². The molecule has 2 aromatic rings. The van der Waals surface area contributed by atoms with Gasteiger partial charge in [0.2, 0.25) is 11.8 Å². The summed E-state index contributed by atoms with van der Waals surface area (Å²) in [7, 11) is 0. The third-order valence-electron chi connectivity index (χ3n) is 3.33. The highest BCUT2D eigenvalue weighted by molar-refractivity contribution is 6.05. The summed E-state index contributed by atoms with van der Waals surface area (Å²) in [6, 6.07) is 17.0. The number of hydrogen-bond donors (Lipinski definition) is 2. The molecule has 0 spiro atoms. The quantitative estimate of drug-likeness (QED) is 0.633. The Morgan fingerprint density at radius 2 is 1.62 bits per heavy atom. The molecule has 2 rings (SSSR count). The summed E-state index contributed by atoms with van der Waals surface area (Å²) in [5, 5.41) is 6.77. The van der Waals surface area contributed by atoms with Crippen LogP contribution in [0.15, 0.2) is 59.7 Å². The molecule has 0 saturated heterocycles. The lowest BCUT2D eigenvalue weighted by Crippen LogP contribution is -2.22. The van der Waals surface area contributed by atoms with Crippen LogP contribution in [0.4, 0.5) is 5.69 Å². The van der Waals surface area contributed by atoms with Crippen molar-refractivity contribution in [2.24, 2.45) is 5.10 Å². The molecule has 5 heteroatoms. The Hall–Kier alpha value is -2.95. The van der Waals surface area contributed by atoms with Crippen LogP contribution in [0.2, 0.25) is 0 Å². The molecule has 2 amide bonds. The van der Waals surface area contributed by atoms with Gasteiger partial charge < -0.3 is 5.32 Å². The van der Waals surface area contributed by atoms with Gasteiger partial charge in [-0.05, 0) is 31.5 Å². The lowest BCUT2D eigenvalue weighted by molar-refractivity contribution is -0.120. The fourth-order valence-electron chi connectivity index (χ4n) is 2.09. The number of amides is 2. The number of carbonyl (C=O) groups excluding carboxylic acids is 2. The zero-order valence-electron chi connectivity index (χ0n) is 13.9. The first-order valence-electron chi connectivity index (χ1n) is 7.75. The Morgan fingerprint density at radius 1 is 0.958 bits per heavy atom. The Balaban J connectivity index is 1.79. The van der Waals surface area contributed by atoms with Crippen molar-refractivity contribution in [1.82, 2.24) is 5.43 Å². The molecule has 2 N–H and O–H groups in total. The summed E-state index contributed by atoms with van der Waals surface area (Å²) in [4.78, 5) is 23.7. The van der Waals surface area contributed by atoms with Crippen molar-refractivity contribution >= 4 is 23.2 Å². The van der Waals surface area contributed by atoms with Crippen molar-refractivity contribution in [2.45, 2.75) is 26.7 Å². The summed E-state index contributed by atoms with van der Waals surface area (Å²) >= 11 is 0. The summed E-state index contributed by atoms with van der Waals surface area (Å²) in [5.41, 5.74) is 5.81. The van der Waals surface area contributed by atoms with Gasteiger partial charge in [0, 0.05) is 11.4 Å². The van der Waals surface area contributed by atoms with Crippen LogP contribution < -0.4 is 10.7 Å². The number of rotatable bonds is 6. The molecule has 0 unspecified atom stereocenters. The molecule has 5 nitrogen and oxygen atoms in total. The van der Waals surface area contributed by atoms with Crippen LogP contribution in [0.1, 0.15) is 24.5 Å². The third kappa shape index (κ3) is 6.04. The number of hydrogen-bond acceptors (Lipinski definition) is 3. The molecule has 0 aliphatic heterocycles. The first-order chi connectivity index (χ1) is 11.5. The molecule has 2 aromatic carbocycles. The highest BCUT2D eigenvalue weighted by Crippen LogP contribution is 2.09. The average molecular weight is 323 g/mol. The Bertz CT molecular complexity index is 722. The predicted octanol–water partition coefficient (Wildman–Crippen LogP) is 3.06. The van der Waals surface area contributed by atoms with Crippen molar-refractivity contribution < 1.29 is 9.59 Å². The number of hydrazone groups is 1. The Kier molecular flexibility index (Phi) is 6.25. The smallest absolute Gasteiger partial charge is 0.244 e. The Morgan fingerprint density at radius 3 is 2.29 bits per heavy atom. The van der Waals surface area contributed by atoms with E-state index in [1.165, 1.54) is 0 Å². The van der Waals surface area contributed by atoms with E-state index in [9.17, 15) is 9.59 Å². The van der Waals surface area contributed by atoms with E-state index >= 15 is 0 Å². The molecule has 0 bridgehead atoms. The van der Waals surface area contributed by atoms with Crippen LogP contribution in [-0.4, -0.2) is 17.5 Å². The van der Waals surface area contributed by atoms with E-state index in [2.05, 4.69) is 15.8 Å². The molecule has 0 saturated carbocycles. The number of nitrogens with one attached hydrogen (secondary N) is 2. The molecule has 0 heterocycles. The van der Waals surface area contributed by atoms with Gasteiger partial charge in [0.15, 0.2) is 0 Å². The second-order valence-corrected chi connectivity index (χ2v) is 5.64. The zero-order valence-corrected chi connectivity index (χ0v) is 13.9. The summed E-state index contributed by atoms with van der Waals surface area (Å²) in [6.45, 7) is 3.69. The van der Waals surface area contributed by atoms with Crippen molar-refractivity contribution in [1.29, 1.82) is 0 Å². The summed E-state index contributed by atoms with van der Waals surface area (Å²) in [6.07, 6.45) is 0.382. The lowest BCUT2D eigenvalue weighted by atomic mass is 10.1. The number of benzene rings is 2. The standard InChI is InChI=1S/C19H21N3O2/c1-14-8-10-17(11-9-14)20-18(23)12-15(2)21-22-19(24)13-16-6-4-3-5-7-16/h3-11H,12-13H2,1-2H3,(H,20,23)(H,22,24)/b21-15-. The van der Waals surface area contributed by atoms with Gasteiger partial charge >= 0.3 is 0 Å². The molecule has 24 heavy (non-hydrogen) atoms. The van der Waals surface area contributed by atoms with Crippen LogP contribution in [0, 0.1) is 6.92 Å². The van der Waals surface area contributed by atoms with Gasteiger partial charge in [-0.3, -0.25) is 9.59 Å². The third-order valence-corrected chi connectivity index (χ3v) is 3.33. The number of carbonyl (C=O) groups is 2. The minimum absolute atomic E-state index is 0.124. The van der Waals surface area contributed by atoms with Gasteiger partial charge in [-0.2, -0.15) is 5.10 Å². The number of nitrogens with zero attached hydrogens (tertiary/aromatic N) is 1. The second kappa shape index (κ2) is 8.62. The van der Waals surface area contributed by atoms with Gasteiger partial charge in [0.25, 0.3) is 0 Å². The number of anilines is 1. The van der Waals surface area contributed by atoms with Crippen molar-refractivity contribution in [2.75, 3.05) is 5.32 Å². The summed E-state index contributed by atoms with van der Waals surface area (Å²) in [5.74, 6) is -0.378. The molecular formula is C19H21N3O2. The molecule has 0 aliphatic carbocycles. The topological polar surface area (TPSA) is 70.6 Å². The molecule has 0 aromatic heterocycles. The maximum atomic E-state index is 11.9. The van der Waals surface area contributed by atoms with Gasteiger partial charge in [-0.25, -0.2) is 5.43 Å². The molecule has 0 aliphatic rings. The van der Waals surface area contributed by atoms with Crippen LogP contribution in [0.3, 0.4) is 0 Å². The van der Waals surface area contributed by atoms with Crippen molar-refractivity contribution in [3.63, 3.8) is 0 Å². The second-order valence-electron chi connectivity index (χ2n) is 5.64. The van der Waals surface area contributed by atoms with E-state index in [1.807, 2.05) is 61.5 Å². The largest absolute Gasteiger partial charge is 0.326 e. The van der Waals surface area contributed by atoms with Gasteiger partial charge in [0.1, 0.15) is 0 Å². The monoisotopic (exact) mass is 323 g/mol. The normalized spacial score (nSPS) is 11.0. The van der Waals surface area contributed by atoms with Gasteiger partial charge in [-0.15, -0.1) is 0 Å². The fourth-order valence-corrected chi connectivity index (χ4v) is 2.09. The first kappa shape index (κ1) is 17.4. The molecule has 0 fully saturated rings. The zero-order chi connectivity index (χ0) is 17.4. The SMILES string of the molecule is C/C(CC(=O)Nc1ccc(C)cc1)=N/NC(=O)Cc1ccccc1. The average Bonchev–Trinajstić information content (AvgIpc) is 2.56. The maximum absolute atomic E-state index is 11.9. The fraction of sp³-hybridized carbons (Fsp3) is 0.211. The lowest BCUT2D eigenvalue weighted by Gasteiger charge is -2.06. The molecule has 0 atom stereocenters. The first-order valence-corrected chi connectivity index (χ1v) is 7.75. The maximum Gasteiger partial charge on any atom is 0.244 e. The minimum atomic E-state index is -0.209. The Labute approximate surface area is 141 Å². The van der Waals surface area contributed by atoms with Gasteiger partial charge in [-0.1, -0.05) is 48.0 Å².